The molecular weight excluding hydrogens is 288 g/mol. The van der Waals surface area contributed by atoms with Gasteiger partial charge < -0.3 is 10.6 Å². The molecule has 0 aliphatic rings. The number of hydrogen-bond acceptors (Lipinski definition) is 3. The van der Waals surface area contributed by atoms with Gasteiger partial charge in [-0.15, -0.1) is 0 Å². The second kappa shape index (κ2) is 7.09. The molecule has 1 atom stereocenters. The molecule has 2 aromatic carbocycles. The number of hydrogen-bond donors (Lipinski definition) is 2. The van der Waals surface area contributed by atoms with Gasteiger partial charge in [0.25, 0.3) is 0 Å². The van der Waals surface area contributed by atoms with Crippen LogP contribution in [0.4, 0.5) is 11.4 Å². The van der Waals surface area contributed by atoms with E-state index in [0.717, 1.165) is 11.3 Å². The number of carbonyl (C=O) groups is 2. The third kappa shape index (κ3) is 4.42. The predicted molar refractivity (Wildman–Crippen MR) is 94.1 cm³/mol. The Morgan fingerprint density at radius 1 is 1.00 bits per heavy atom. The Kier molecular flexibility index (Phi) is 5.16. The van der Waals surface area contributed by atoms with E-state index in [2.05, 4.69) is 16.7 Å². The molecule has 4 heteroatoms. The van der Waals surface area contributed by atoms with Crippen molar-refractivity contribution in [2.24, 2.45) is 0 Å². The van der Waals surface area contributed by atoms with Crippen LogP contribution in [0.15, 0.2) is 42.5 Å². The summed E-state index contributed by atoms with van der Waals surface area (Å²) in [6.07, 6.45) is 0. The van der Waals surface area contributed by atoms with Crippen molar-refractivity contribution in [1.82, 2.24) is 0 Å². The molecule has 2 aromatic rings. The van der Waals surface area contributed by atoms with Gasteiger partial charge in [0, 0.05) is 16.9 Å². The molecule has 0 heterocycles. The fourth-order valence-corrected chi connectivity index (χ4v) is 2.31. The van der Waals surface area contributed by atoms with Gasteiger partial charge in [0.1, 0.15) is 6.04 Å². The molecule has 0 saturated heterocycles. The Hall–Kier alpha value is -2.62. The van der Waals surface area contributed by atoms with Gasteiger partial charge in [-0.1, -0.05) is 17.7 Å². The van der Waals surface area contributed by atoms with Gasteiger partial charge in [-0.3, -0.25) is 9.59 Å². The maximum atomic E-state index is 12.3. The molecule has 4 nitrogen and oxygen atoms in total. The first-order valence-corrected chi connectivity index (χ1v) is 7.62. The average Bonchev–Trinajstić information content (AvgIpc) is 2.50. The second-order valence-electron chi connectivity index (χ2n) is 5.81. The number of Topliss-reactive ketones (excluding diaryl/α,β-unsaturated/α-hetero) is 1. The Labute approximate surface area is 136 Å². The highest BCUT2D eigenvalue weighted by molar-refractivity contribution is 5.98. The quantitative estimate of drug-likeness (QED) is 0.822. The first-order chi connectivity index (χ1) is 10.9. The normalized spacial score (nSPS) is 11.7. The zero-order chi connectivity index (χ0) is 17.0. The summed E-state index contributed by atoms with van der Waals surface area (Å²) in [5, 5.41) is 6.07. The van der Waals surface area contributed by atoms with Crippen LogP contribution in [-0.2, 0) is 4.79 Å². The SMILES string of the molecule is CC(=O)c1ccc(NC(=O)[C@H](C)Nc2ccc(C)cc2C)cc1. The Morgan fingerprint density at radius 3 is 2.22 bits per heavy atom. The van der Waals surface area contributed by atoms with Crippen LogP contribution in [0, 0.1) is 13.8 Å². The number of aryl methyl sites for hydroxylation is 2. The fraction of sp³-hybridized carbons (Fsp3) is 0.263. The van der Waals surface area contributed by atoms with Crippen molar-refractivity contribution < 1.29 is 9.59 Å². The Morgan fingerprint density at radius 2 is 1.65 bits per heavy atom. The van der Waals surface area contributed by atoms with E-state index in [4.69, 9.17) is 0 Å². The van der Waals surface area contributed by atoms with Gasteiger partial charge in [0.05, 0.1) is 0 Å². The van der Waals surface area contributed by atoms with Crippen LogP contribution in [0.3, 0.4) is 0 Å². The maximum absolute atomic E-state index is 12.3. The van der Waals surface area contributed by atoms with Crippen LogP contribution in [0.5, 0.6) is 0 Å². The Bertz CT molecular complexity index is 721. The zero-order valence-corrected chi connectivity index (χ0v) is 13.9. The van der Waals surface area contributed by atoms with E-state index in [0.29, 0.717) is 11.3 Å². The summed E-state index contributed by atoms with van der Waals surface area (Å²) in [5.41, 5.74) is 4.55. The van der Waals surface area contributed by atoms with Gasteiger partial charge >= 0.3 is 0 Å². The van der Waals surface area contributed by atoms with Crippen LogP contribution in [0.25, 0.3) is 0 Å². The van der Waals surface area contributed by atoms with Crippen molar-refractivity contribution >= 4 is 23.1 Å². The number of amides is 1. The van der Waals surface area contributed by atoms with E-state index < -0.39 is 0 Å². The van der Waals surface area contributed by atoms with E-state index in [1.165, 1.54) is 12.5 Å². The highest BCUT2D eigenvalue weighted by Crippen LogP contribution is 2.17. The van der Waals surface area contributed by atoms with Crippen molar-refractivity contribution in [3.63, 3.8) is 0 Å². The maximum Gasteiger partial charge on any atom is 0.246 e. The summed E-state index contributed by atoms with van der Waals surface area (Å²) in [5.74, 6) is -0.117. The van der Waals surface area contributed by atoms with Gasteiger partial charge in [-0.25, -0.2) is 0 Å². The molecule has 2 rings (SSSR count). The summed E-state index contributed by atoms with van der Waals surface area (Å²) in [4.78, 5) is 23.5. The first-order valence-electron chi connectivity index (χ1n) is 7.62. The molecule has 0 radical (unpaired) electrons. The highest BCUT2D eigenvalue weighted by atomic mass is 16.2. The number of benzene rings is 2. The lowest BCUT2D eigenvalue weighted by Gasteiger charge is -2.17. The molecule has 0 spiro atoms. The molecular formula is C19H22N2O2. The van der Waals surface area contributed by atoms with Crippen LogP contribution >= 0.6 is 0 Å². The lowest BCUT2D eigenvalue weighted by atomic mass is 10.1. The summed E-state index contributed by atoms with van der Waals surface area (Å²) in [7, 11) is 0. The van der Waals surface area contributed by atoms with Crippen molar-refractivity contribution in [1.29, 1.82) is 0 Å². The minimum atomic E-state index is -0.371. The van der Waals surface area contributed by atoms with Crippen molar-refractivity contribution in [3.05, 3.63) is 59.2 Å². The minimum Gasteiger partial charge on any atom is -0.374 e. The van der Waals surface area contributed by atoms with Crippen LogP contribution < -0.4 is 10.6 Å². The van der Waals surface area contributed by atoms with Crippen LogP contribution in [0.2, 0.25) is 0 Å². The average molecular weight is 310 g/mol. The molecule has 0 aliphatic heterocycles. The van der Waals surface area contributed by atoms with Gasteiger partial charge in [-0.05, 0) is 63.6 Å². The van der Waals surface area contributed by atoms with Crippen molar-refractivity contribution in [2.45, 2.75) is 33.7 Å². The van der Waals surface area contributed by atoms with E-state index in [9.17, 15) is 9.59 Å². The molecule has 0 aromatic heterocycles. The predicted octanol–water partition coefficient (Wildman–Crippen LogP) is 3.95. The monoisotopic (exact) mass is 310 g/mol. The van der Waals surface area contributed by atoms with E-state index in [1.54, 1.807) is 24.3 Å². The zero-order valence-electron chi connectivity index (χ0n) is 13.9. The molecule has 0 bridgehead atoms. The lowest BCUT2D eigenvalue weighted by molar-refractivity contribution is -0.116. The second-order valence-corrected chi connectivity index (χ2v) is 5.81. The third-order valence-corrected chi connectivity index (χ3v) is 3.71. The topological polar surface area (TPSA) is 58.2 Å². The third-order valence-electron chi connectivity index (χ3n) is 3.71. The number of anilines is 2. The molecule has 2 N–H and O–H groups in total. The summed E-state index contributed by atoms with van der Waals surface area (Å²) in [6.45, 7) is 7.39. The van der Waals surface area contributed by atoms with E-state index in [-0.39, 0.29) is 17.7 Å². The first kappa shape index (κ1) is 16.7. The summed E-state index contributed by atoms with van der Waals surface area (Å²) >= 11 is 0. The standard InChI is InChI=1S/C19H22N2O2/c1-12-5-10-18(13(2)11-12)20-14(3)19(23)21-17-8-6-16(7-9-17)15(4)22/h5-11,14,20H,1-4H3,(H,21,23)/t14-/m0/s1. The Balaban J connectivity index is 2.00. The number of ketones is 1. The van der Waals surface area contributed by atoms with Crippen molar-refractivity contribution in [2.75, 3.05) is 10.6 Å². The fourth-order valence-electron chi connectivity index (χ4n) is 2.31. The minimum absolute atomic E-state index is 0.00718. The molecule has 0 fully saturated rings. The lowest BCUT2D eigenvalue weighted by Crippen LogP contribution is -2.32. The number of nitrogens with one attached hydrogen (secondary N) is 2. The van der Waals surface area contributed by atoms with Gasteiger partial charge in [0.2, 0.25) is 5.91 Å². The number of carbonyl (C=O) groups excluding carboxylic acids is 2. The molecule has 23 heavy (non-hydrogen) atoms. The van der Waals surface area contributed by atoms with Crippen molar-refractivity contribution in [3.8, 4) is 0 Å². The molecule has 120 valence electrons. The van der Waals surface area contributed by atoms with E-state index in [1.807, 2.05) is 32.9 Å². The van der Waals surface area contributed by atoms with E-state index >= 15 is 0 Å². The molecule has 0 aliphatic carbocycles. The summed E-state index contributed by atoms with van der Waals surface area (Å²) in [6, 6.07) is 12.6. The smallest absolute Gasteiger partial charge is 0.246 e. The van der Waals surface area contributed by atoms with Crippen LogP contribution in [0.1, 0.15) is 35.3 Å². The molecule has 1 amide bonds. The highest BCUT2D eigenvalue weighted by Gasteiger charge is 2.14. The van der Waals surface area contributed by atoms with Gasteiger partial charge in [-0.2, -0.15) is 0 Å². The van der Waals surface area contributed by atoms with Gasteiger partial charge in [0.15, 0.2) is 5.78 Å². The summed E-state index contributed by atoms with van der Waals surface area (Å²) < 4.78 is 0. The molecule has 0 unspecified atom stereocenters. The molecule has 0 saturated carbocycles. The number of rotatable bonds is 5. The van der Waals surface area contributed by atoms with Crippen LogP contribution in [-0.4, -0.2) is 17.7 Å². The largest absolute Gasteiger partial charge is 0.374 e.